The summed E-state index contributed by atoms with van der Waals surface area (Å²) in [5.74, 6) is -0.713. The van der Waals surface area contributed by atoms with Gasteiger partial charge in [0.25, 0.3) is 0 Å². The van der Waals surface area contributed by atoms with Gasteiger partial charge in [0.1, 0.15) is 6.54 Å². The van der Waals surface area contributed by atoms with Crippen LogP contribution in [0.15, 0.2) is 76.7 Å². The van der Waals surface area contributed by atoms with E-state index in [0.717, 1.165) is 29.8 Å². The molecule has 0 bridgehead atoms. The third-order valence-electron chi connectivity index (χ3n) is 6.52. The third-order valence-corrected chi connectivity index (χ3v) is 7.97. The molecule has 0 aliphatic carbocycles. The van der Waals surface area contributed by atoms with Gasteiger partial charge in [-0.15, -0.1) is 0 Å². The molecule has 3 aromatic rings. The van der Waals surface area contributed by atoms with Crippen LogP contribution in [0.2, 0.25) is 5.02 Å². The second kappa shape index (κ2) is 10.7. The number of sulfone groups is 1. The maximum Gasteiger partial charge on any atom is 0.417 e. The topological polar surface area (TPSA) is 78.8 Å². The van der Waals surface area contributed by atoms with Crippen LogP contribution < -0.4 is 5.32 Å². The number of halogens is 7. The highest BCUT2D eigenvalue weighted by atomic mass is 35.5. The van der Waals surface area contributed by atoms with E-state index >= 15 is 0 Å². The number of anilines is 1. The Hall–Kier alpha value is -3.58. The fourth-order valence-electron chi connectivity index (χ4n) is 4.63. The number of alkyl halides is 6. The van der Waals surface area contributed by atoms with Crippen molar-refractivity contribution in [3.05, 3.63) is 94.0 Å². The summed E-state index contributed by atoms with van der Waals surface area (Å²) in [6, 6.07) is 14.4. The molecule has 0 saturated carbocycles. The zero-order valence-corrected chi connectivity index (χ0v) is 23.0. The van der Waals surface area contributed by atoms with E-state index < -0.39 is 61.1 Å². The predicted molar refractivity (Wildman–Crippen MR) is 142 cm³/mol. The Labute approximate surface area is 236 Å². The maximum absolute atomic E-state index is 13.3. The van der Waals surface area contributed by atoms with Gasteiger partial charge in [0.15, 0.2) is 9.84 Å². The number of rotatable bonds is 6. The van der Waals surface area contributed by atoms with Gasteiger partial charge in [-0.3, -0.25) is 9.80 Å². The maximum atomic E-state index is 13.3. The van der Waals surface area contributed by atoms with Gasteiger partial charge >= 0.3 is 12.4 Å². The van der Waals surface area contributed by atoms with Crippen LogP contribution in [0.3, 0.4) is 0 Å². The minimum atomic E-state index is -4.93. The van der Waals surface area contributed by atoms with Crippen molar-refractivity contribution >= 4 is 38.7 Å². The second-order valence-electron chi connectivity index (χ2n) is 9.69. The fourth-order valence-corrected chi connectivity index (χ4v) is 5.84. The summed E-state index contributed by atoms with van der Waals surface area (Å²) in [4.78, 5) is 11.9. The number of carbonyl (C=O) groups is 1. The Balaban J connectivity index is 1.64. The van der Waals surface area contributed by atoms with Gasteiger partial charge < -0.3 is 5.32 Å². The number of hydrogen-bond donors (Lipinski definition) is 1. The summed E-state index contributed by atoms with van der Waals surface area (Å²) >= 11 is 5.96. The quantitative estimate of drug-likeness (QED) is 0.325. The Morgan fingerprint density at radius 1 is 0.976 bits per heavy atom. The highest BCUT2D eigenvalue weighted by Crippen LogP contribution is 2.39. The van der Waals surface area contributed by atoms with Crippen LogP contribution in [-0.4, -0.2) is 44.4 Å². The van der Waals surface area contributed by atoms with Crippen molar-refractivity contribution in [2.45, 2.75) is 29.6 Å². The van der Waals surface area contributed by atoms with Crippen molar-refractivity contribution in [3.8, 4) is 0 Å². The molecule has 1 aliphatic rings. The van der Waals surface area contributed by atoms with Crippen LogP contribution in [-0.2, 0) is 32.4 Å². The lowest BCUT2D eigenvalue weighted by atomic mass is 9.76. The third kappa shape index (κ3) is 6.51. The lowest BCUT2D eigenvalue weighted by Crippen LogP contribution is -2.38. The Morgan fingerprint density at radius 2 is 1.59 bits per heavy atom. The van der Waals surface area contributed by atoms with E-state index in [9.17, 15) is 39.6 Å². The van der Waals surface area contributed by atoms with Gasteiger partial charge in [0.2, 0.25) is 5.91 Å². The molecule has 1 aliphatic heterocycles. The number of hydrazone groups is 1. The number of nitrogens with zero attached hydrogens (tertiary/aromatic N) is 2. The molecule has 0 aromatic heterocycles. The summed E-state index contributed by atoms with van der Waals surface area (Å²) in [7, 11) is -4.28. The lowest BCUT2D eigenvalue weighted by molar-refractivity contribution is -0.140. The predicted octanol–water partition coefficient (Wildman–Crippen LogP) is 6.40. The van der Waals surface area contributed by atoms with Crippen molar-refractivity contribution in [2.24, 2.45) is 5.10 Å². The van der Waals surface area contributed by atoms with E-state index in [-0.39, 0.29) is 12.2 Å². The van der Waals surface area contributed by atoms with Crippen LogP contribution >= 0.6 is 11.6 Å². The molecule has 0 fully saturated rings. The monoisotopic (exact) mass is 617 g/mol. The molecule has 1 unspecified atom stereocenters. The van der Waals surface area contributed by atoms with Crippen LogP contribution in [0.4, 0.5) is 32.0 Å². The summed E-state index contributed by atoms with van der Waals surface area (Å²) in [6.07, 6.45) is -8.96. The van der Waals surface area contributed by atoms with Crippen LogP contribution in [0, 0.1) is 0 Å². The molecule has 3 aromatic carbocycles. The summed E-state index contributed by atoms with van der Waals surface area (Å²) in [5, 5.41) is 7.74. The molecule has 0 spiro atoms. The van der Waals surface area contributed by atoms with Gasteiger partial charge in [-0.2, -0.15) is 31.4 Å². The number of nitrogens with one attached hydrogen (secondary N) is 1. The molecule has 14 heteroatoms. The van der Waals surface area contributed by atoms with Gasteiger partial charge in [0.05, 0.1) is 38.7 Å². The van der Waals surface area contributed by atoms with Crippen molar-refractivity contribution in [1.82, 2.24) is 5.01 Å². The molecule has 1 N–H and O–H groups in total. The van der Waals surface area contributed by atoms with E-state index in [1.165, 1.54) is 11.1 Å². The molecule has 1 atom stereocenters. The first-order chi connectivity index (χ1) is 18.9. The van der Waals surface area contributed by atoms with Crippen LogP contribution in [0.1, 0.15) is 29.2 Å². The normalized spacial score (nSPS) is 17.9. The molecule has 41 heavy (non-hydrogen) atoms. The van der Waals surface area contributed by atoms with Gasteiger partial charge in [-0.05, 0) is 42.8 Å². The van der Waals surface area contributed by atoms with E-state index in [1.807, 2.05) is 0 Å². The standard InChI is InChI=1S/C27H22ClF6N3O3S/c1-25(17-6-4-3-5-7-17)15-37(36-24(25)16-8-10-19(21(28)12-16)26(29,30)31)14-23(38)35-18-9-11-20(27(32,33)34)22(13-18)41(2,39)40/h3-13H,14-15H2,1-2H3,(H,35,38). The molecule has 4 rings (SSSR count). The number of hydrogen-bond acceptors (Lipinski definition) is 5. The van der Waals surface area contributed by atoms with Crippen molar-refractivity contribution in [2.75, 3.05) is 24.7 Å². The number of carbonyl (C=O) groups excluding carboxylic acids is 1. The lowest BCUT2D eigenvalue weighted by Gasteiger charge is -2.27. The molecule has 6 nitrogen and oxygen atoms in total. The molecular formula is C27H22ClF6N3O3S. The highest BCUT2D eigenvalue weighted by molar-refractivity contribution is 7.90. The smallest absolute Gasteiger partial charge is 0.324 e. The van der Waals surface area contributed by atoms with E-state index in [0.29, 0.717) is 23.6 Å². The SMILES string of the molecule is CC1(c2ccccc2)CN(CC(=O)Nc2ccc(C(F)(F)F)c(S(C)(=O)=O)c2)N=C1c1ccc(C(F)(F)F)c(Cl)c1. The van der Waals surface area contributed by atoms with E-state index in [4.69, 9.17) is 11.6 Å². The minimum Gasteiger partial charge on any atom is -0.324 e. The Morgan fingerprint density at radius 3 is 2.15 bits per heavy atom. The zero-order chi connectivity index (χ0) is 30.4. The van der Waals surface area contributed by atoms with Gasteiger partial charge in [-0.1, -0.05) is 48.0 Å². The molecule has 0 radical (unpaired) electrons. The number of benzene rings is 3. The second-order valence-corrected chi connectivity index (χ2v) is 12.1. The van der Waals surface area contributed by atoms with Gasteiger partial charge in [0, 0.05) is 17.5 Å². The largest absolute Gasteiger partial charge is 0.417 e. The van der Waals surface area contributed by atoms with Crippen LogP contribution in [0.25, 0.3) is 0 Å². The molecule has 1 amide bonds. The van der Waals surface area contributed by atoms with E-state index in [1.54, 1.807) is 37.3 Å². The Bertz CT molecular complexity index is 1630. The molecule has 218 valence electrons. The zero-order valence-electron chi connectivity index (χ0n) is 21.4. The van der Waals surface area contributed by atoms with Crippen molar-refractivity contribution < 1.29 is 39.6 Å². The fraction of sp³-hybridized carbons (Fsp3) is 0.259. The average Bonchev–Trinajstić information content (AvgIpc) is 3.19. The van der Waals surface area contributed by atoms with Crippen LogP contribution in [0.5, 0.6) is 0 Å². The van der Waals surface area contributed by atoms with Crippen molar-refractivity contribution in [1.29, 1.82) is 0 Å². The Kier molecular flexibility index (Phi) is 7.91. The number of amides is 1. The summed E-state index contributed by atoms with van der Waals surface area (Å²) in [5.41, 5.74) is -2.02. The first-order valence-electron chi connectivity index (χ1n) is 11.9. The molecular weight excluding hydrogens is 596 g/mol. The first kappa shape index (κ1) is 30.4. The van der Waals surface area contributed by atoms with Crippen molar-refractivity contribution in [3.63, 3.8) is 0 Å². The average molecular weight is 618 g/mol. The van der Waals surface area contributed by atoms with Gasteiger partial charge in [-0.25, -0.2) is 8.42 Å². The summed E-state index contributed by atoms with van der Waals surface area (Å²) in [6.45, 7) is 1.54. The molecule has 0 saturated heterocycles. The molecule has 1 heterocycles. The minimum absolute atomic E-state index is 0.125. The van der Waals surface area contributed by atoms with E-state index in [2.05, 4.69) is 10.4 Å². The highest BCUT2D eigenvalue weighted by Gasteiger charge is 2.42. The first-order valence-corrected chi connectivity index (χ1v) is 14.1. The summed E-state index contributed by atoms with van der Waals surface area (Å²) < 4.78 is 104.